The van der Waals surface area contributed by atoms with Gasteiger partial charge in [-0.1, -0.05) is 0 Å². The Bertz CT molecular complexity index is 292. The molecule has 1 rings (SSSR count). The zero-order valence-electron chi connectivity index (χ0n) is 4.81. The summed E-state index contributed by atoms with van der Waals surface area (Å²) in [5, 5.41) is 8.33. The lowest BCUT2D eigenvalue weighted by Gasteiger charge is -1.90. The summed E-state index contributed by atoms with van der Waals surface area (Å²) < 4.78 is 12.8. The standard InChI is InChI=1S/C6H2BrFN2/c7-4-1-2-6(8)10-5(4)3-9/h1-2H. The summed E-state index contributed by atoms with van der Waals surface area (Å²) in [7, 11) is 0. The molecule has 0 atom stereocenters. The average molecular weight is 201 g/mol. The van der Waals surface area contributed by atoms with Crippen molar-refractivity contribution in [2.24, 2.45) is 0 Å². The molecule has 0 fully saturated rings. The van der Waals surface area contributed by atoms with Gasteiger partial charge in [-0.2, -0.15) is 9.65 Å². The highest BCUT2D eigenvalue weighted by atomic mass is 79.9. The van der Waals surface area contributed by atoms with Crippen molar-refractivity contribution in [2.75, 3.05) is 0 Å². The molecule has 0 amide bonds. The molecule has 0 aliphatic carbocycles. The average Bonchev–Trinajstić information content (AvgIpc) is 1.94. The molecule has 0 aliphatic heterocycles. The summed E-state index contributed by atoms with van der Waals surface area (Å²) >= 11 is 3.04. The zero-order valence-corrected chi connectivity index (χ0v) is 6.39. The van der Waals surface area contributed by atoms with Crippen molar-refractivity contribution in [1.82, 2.24) is 4.98 Å². The molecule has 0 aromatic carbocycles. The Labute approximate surface area is 65.4 Å². The third-order valence-corrected chi connectivity index (χ3v) is 1.56. The van der Waals surface area contributed by atoms with Crippen LogP contribution in [0, 0.1) is 17.3 Å². The first kappa shape index (κ1) is 7.16. The predicted octanol–water partition coefficient (Wildman–Crippen LogP) is 1.85. The smallest absolute Gasteiger partial charge is 0.208 e. The molecule has 0 unspecified atom stereocenters. The van der Waals surface area contributed by atoms with Crippen molar-refractivity contribution in [3.05, 3.63) is 28.2 Å². The molecule has 0 radical (unpaired) electrons. The second kappa shape index (κ2) is 2.76. The number of hydrogen-bond donors (Lipinski definition) is 0. The fourth-order valence-electron chi connectivity index (χ4n) is 0.497. The molecule has 1 aromatic rings. The molecule has 0 bridgehead atoms. The van der Waals surface area contributed by atoms with E-state index in [9.17, 15) is 4.39 Å². The van der Waals surface area contributed by atoms with E-state index in [4.69, 9.17) is 5.26 Å². The summed E-state index contributed by atoms with van der Waals surface area (Å²) in [6.07, 6.45) is 0. The highest BCUT2D eigenvalue weighted by Crippen LogP contribution is 2.12. The van der Waals surface area contributed by atoms with Crippen LogP contribution in [0.1, 0.15) is 5.69 Å². The van der Waals surface area contributed by atoms with Gasteiger partial charge in [0, 0.05) is 0 Å². The maximum absolute atomic E-state index is 12.3. The van der Waals surface area contributed by atoms with Crippen LogP contribution in [0.3, 0.4) is 0 Å². The second-order valence-electron chi connectivity index (χ2n) is 1.58. The summed E-state index contributed by atoms with van der Waals surface area (Å²) in [4.78, 5) is 3.32. The van der Waals surface area contributed by atoms with Crippen LogP contribution >= 0.6 is 15.9 Å². The molecular formula is C6H2BrFN2. The Balaban J connectivity index is 3.25. The van der Waals surface area contributed by atoms with Crippen LogP contribution in [-0.4, -0.2) is 4.98 Å². The van der Waals surface area contributed by atoms with Gasteiger partial charge in [0.25, 0.3) is 0 Å². The topological polar surface area (TPSA) is 36.7 Å². The van der Waals surface area contributed by atoms with Crippen molar-refractivity contribution >= 4 is 15.9 Å². The van der Waals surface area contributed by atoms with Gasteiger partial charge in [0.15, 0.2) is 5.69 Å². The lowest BCUT2D eigenvalue weighted by molar-refractivity contribution is 0.581. The summed E-state index contributed by atoms with van der Waals surface area (Å²) in [6.45, 7) is 0. The van der Waals surface area contributed by atoms with Crippen LogP contribution in [0.5, 0.6) is 0 Å². The molecule has 1 aromatic heterocycles. The van der Waals surface area contributed by atoms with Crippen LogP contribution in [0.4, 0.5) is 4.39 Å². The van der Waals surface area contributed by atoms with Crippen molar-refractivity contribution in [1.29, 1.82) is 5.26 Å². The van der Waals surface area contributed by atoms with Gasteiger partial charge in [-0.15, -0.1) is 0 Å². The molecule has 10 heavy (non-hydrogen) atoms. The first-order chi connectivity index (χ1) is 4.74. The Morgan fingerprint density at radius 1 is 1.60 bits per heavy atom. The third-order valence-electron chi connectivity index (χ3n) is 0.918. The summed E-state index contributed by atoms with van der Waals surface area (Å²) in [5.74, 6) is -0.639. The maximum Gasteiger partial charge on any atom is 0.214 e. The second-order valence-corrected chi connectivity index (χ2v) is 2.43. The van der Waals surface area contributed by atoms with Crippen molar-refractivity contribution in [2.45, 2.75) is 0 Å². The minimum absolute atomic E-state index is 0.0694. The lowest BCUT2D eigenvalue weighted by atomic mass is 10.4. The Morgan fingerprint density at radius 3 is 2.80 bits per heavy atom. The molecule has 4 heteroatoms. The van der Waals surface area contributed by atoms with E-state index in [2.05, 4.69) is 20.9 Å². The van der Waals surface area contributed by atoms with E-state index < -0.39 is 5.95 Å². The molecular weight excluding hydrogens is 199 g/mol. The Kier molecular flexibility index (Phi) is 1.97. The quantitative estimate of drug-likeness (QED) is 0.600. The number of halogens is 2. The molecule has 0 aliphatic rings. The Hall–Kier alpha value is -0.950. The first-order valence-corrected chi connectivity index (χ1v) is 3.25. The lowest BCUT2D eigenvalue weighted by Crippen LogP contribution is -1.87. The number of aromatic nitrogens is 1. The van der Waals surface area contributed by atoms with Crippen LogP contribution in [0.25, 0.3) is 0 Å². The molecule has 50 valence electrons. The van der Waals surface area contributed by atoms with Gasteiger partial charge in [0.2, 0.25) is 5.95 Å². The fourth-order valence-corrected chi connectivity index (χ4v) is 0.806. The van der Waals surface area contributed by atoms with E-state index in [1.165, 1.54) is 12.1 Å². The van der Waals surface area contributed by atoms with E-state index in [0.717, 1.165) is 0 Å². The van der Waals surface area contributed by atoms with Gasteiger partial charge in [-0.3, -0.25) is 0 Å². The third kappa shape index (κ3) is 1.31. The first-order valence-electron chi connectivity index (χ1n) is 2.46. The SMILES string of the molecule is N#Cc1nc(F)ccc1Br. The van der Waals surface area contributed by atoms with Gasteiger partial charge in [-0.25, -0.2) is 4.98 Å². The fraction of sp³-hybridized carbons (Fsp3) is 0. The molecule has 0 saturated carbocycles. The largest absolute Gasteiger partial charge is 0.214 e. The van der Waals surface area contributed by atoms with Gasteiger partial charge < -0.3 is 0 Å². The molecule has 1 heterocycles. The molecule has 0 N–H and O–H groups in total. The van der Waals surface area contributed by atoms with Crippen LogP contribution < -0.4 is 0 Å². The minimum atomic E-state index is -0.639. The highest BCUT2D eigenvalue weighted by Gasteiger charge is 1.99. The highest BCUT2D eigenvalue weighted by molar-refractivity contribution is 9.10. The maximum atomic E-state index is 12.3. The van der Waals surface area contributed by atoms with Crippen LogP contribution in [-0.2, 0) is 0 Å². The molecule has 2 nitrogen and oxygen atoms in total. The number of hydrogen-bond acceptors (Lipinski definition) is 2. The van der Waals surface area contributed by atoms with E-state index >= 15 is 0 Å². The van der Waals surface area contributed by atoms with Gasteiger partial charge in [0.05, 0.1) is 4.47 Å². The number of rotatable bonds is 0. The Morgan fingerprint density at radius 2 is 2.30 bits per heavy atom. The number of pyridine rings is 1. The summed E-state index contributed by atoms with van der Waals surface area (Å²) in [5.41, 5.74) is 0.0694. The van der Waals surface area contributed by atoms with Crippen molar-refractivity contribution < 1.29 is 4.39 Å². The zero-order chi connectivity index (χ0) is 7.56. The molecule has 0 saturated heterocycles. The van der Waals surface area contributed by atoms with Crippen LogP contribution in [0.15, 0.2) is 16.6 Å². The monoisotopic (exact) mass is 200 g/mol. The predicted molar refractivity (Wildman–Crippen MR) is 36.6 cm³/mol. The van der Waals surface area contributed by atoms with Crippen molar-refractivity contribution in [3.63, 3.8) is 0 Å². The van der Waals surface area contributed by atoms with E-state index in [1.54, 1.807) is 6.07 Å². The molecule has 0 spiro atoms. The van der Waals surface area contributed by atoms with Gasteiger partial charge in [-0.05, 0) is 28.1 Å². The minimum Gasteiger partial charge on any atom is -0.208 e. The number of nitriles is 1. The van der Waals surface area contributed by atoms with E-state index in [1.807, 2.05) is 0 Å². The van der Waals surface area contributed by atoms with Gasteiger partial charge >= 0.3 is 0 Å². The normalized spacial score (nSPS) is 8.90. The summed E-state index contributed by atoms with van der Waals surface area (Å²) in [6, 6.07) is 4.37. The van der Waals surface area contributed by atoms with E-state index in [0.29, 0.717) is 4.47 Å². The van der Waals surface area contributed by atoms with E-state index in [-0.39, 0.29) is 5.69 Å². The number of nitrogens with zero attached hydrogens (tertiary/aromatic N) is 2. The van der Waals surface area contributed by atoms with Crippen molar-refractivity contribution in [3.8, 4) is 6.07 Å². The van der Waals surface area contributed by atoms with Crippen LogP contribution in [0.2, 0.25) is 0 Å². The van der Waals surface area contributed by atoms with Gasteiger partial charge in [0.1, 0.15) is 6.07 Å².